The predicted molar refractivity (Wildman–Crippen MR) is 81.8 cm³/mol. The Bertz CT molecular complexity index is 434. The molecule has 1 aromatic carbocycles. The van der Waals surface area contributed by atoms with Crippen molar-refractivity contribution in [3.8, 4) is 5.75 Å². The van der Waals surface area contributed by atoms with Crippen LogP contribution in [0.25, 0.3) is 0 Å². The lowest BCUT2D eigenvalue weighted by Gasteiger charge is -2.24. The molecule has 4 nitrogen and oxygen atoms in total. The number of carbonyl (C=O) groups is 1. The number of hydrogen-bond donors (Lipinski definition) is 1. The van der Waals surface area contributed by atoms with Crippen molar-refractivity contribution in [2.24, 2.45) is 5.92 Å². The van der Waals surface area contributed by atoms with Gasteiger partial charge in [0.2, 0.25) is 5.91 Å². The monoisotopic (exact) mass is 296 g/mol. The van der Waals surface area contributed by atoms with Crippen molar-refractivity contribution in [1.82, 2.24) is 10.2 Å². The van der Waals surface area contributed by atoms with Crippen LogP contribution in [0.1, 0.15) is 20.8 Å². The number of halogens is 1. The van der Waals surface area contributed by atoms with Gasteiger partial charge in [-0.2, -0.15) is 0 Å². The molecule has 0 fully saturated rings. The van der Waals surface area contributed by atoms with E-state index in [2.05, 4.69) is 19.2 Å². The Morgan fingerprint density at radius 2 is 1.90 bits per heavy atom. The van der Waals surface area contributed by atoms with Crippen LogP contribution in [-0.4, -0.2) is 43.6 Å². The molecular weight excluding hydrogens is 271 g/mol. The molecule has 1 amide bonds. The third-order valence-electron chi connectivity index (χ3n) is 3.25. The van der Waals surface area contributed by atoms with Crippen molar-refractivity contribution in [2.45, 2.75) is 26.8 Å². The molecule has 118 valence electrons. The lowest BCUT2D eigenvalue weighted by molar-refractivity contribution is -0.125. The molecule has 0 saturated carbocycles. The molecule has 1 atom stereocenters. The Morgan fingerprint density at radius 3 is 2.48 bits per heavy atom. The van der Waals surface area contributed by atoms with E-state index in [1.54, 1.807) is 12.1 Å². The first-order chi connectivity index (χ1) is 9.90. The van der Waals surface area contributed by atoms with Gasteiger partial charge in [-0.15, -0.1) is 0 Å². The van der Waals surface area contributed by atoms with Gasteiger partial charge in [0, 0.05) is 13.1 Å². The minimum Gasteiger partial charge on any atom is -0.492 e. The molecule has 0 saturated heterocycles. The number of amides is 1. The first-order valence-electron chi connectivity index (χ1n) is 7.26. The largest absolute Gasteiger partial charge is 0.492 e. The average molecular weight is 296 g/mol. The Balaban J connectivity index is 2.30. The summed E-state index contributed by atoms with van der Waals surface area (Å²) in [4.78, 5) is 13.9. The van der Waals surface area contributed by atoms with Crippen LogP contribution in [0.5, 0.6) is 5.75 Å². The number of benzene rings is 1. The van der Waals surface area contributed by atoms with Gasteiger partial charge in [0.05, 0.1) is 6.04 Å². The second-order valence-electron chi connectivity index (χ2n) is 5.60. The van der Waals surface area contributed by atoms with Crippen LogP contribution in [0.3, 0.4) is 0 Å². The van der Waals surface area contributed by atoms with Crippen LogP contribution in [0.15, 0.2) is 24.3 Å². The number of hydrogen-bond acceptors (Lipinski definition) is 3. The van der Waals surface area contributed by atoms with Gasteiger partial charge in [-0.05, 0) is 44.2 Å². The number of carbonyl (C=O) groups excluding carboxylic acids is 1. The fourth-order valence-corrected chi connectivity index (χ4v) is 1.68. The molecule has 0 radical (unpaired) electrons. The minimum absolute atomic E-state index is 0.0213. The molecule has 0 heterocycles. The van der Waals surface area contributed by atoms with Crippen LogP contribution >= 0.6 is 0 Å². The molecule has 0 bridgehead atoms. The molecular formula is C16H25FN2O2. The molecule has 0 aliphatic heterocycles. The van der Waals surface area contributed by atoms with Gasteiger partial charge in [0.15, 0.2) is 0 Å². The lowest BCUT2D eigenvalue weighted by Crippen LogP contribution is -2.45. The van der Waals surface area contributed by atoms with Crippen molar-refractivity contribution in [3.63, 3.8) is 0 Å². The molecule has 0 unspecified atom stereocenters. The third-order valence-corrected chi connectivity index (χ3v) is 3.25. The maximum Gasteiger partial charge on any atom is 0.237 e. The van der Waals surface area contributed by atoms with Gasteiger partial charge in [0.1, 0.15) is 18.2 Å². The second-order valence-corrected chi connectivity index (χ2v) is 5.60. The molecule has 5 heteroatoms. The minimum atomic E-state index is -0.282. The van der Waals surface area contributed by atoms with Crippen molar-refractivity contribution in [3.05, 3.63) is 30.1 Å². The van der Waals surface area contributed by atoms with E-state index >= 15 is 0 Å². The van der Waals surface area contributed by atoms with E-state index in [-0.39, 0.29) is 17.8 Å². The number of ether oxygens (including phenoxy) is 1. The van der Waals surface area contributed by atoms with Gasteiger partial charge in [0.25, 0.3) is 0 Å². The molecule has 0 spiro atoms. The van der Waals surface area contributed by atoms with Crippen molar-refractivity contribution in [1.29, 1.82) is 0 Å². The zero-order valence-electron chi connectivity index (χ0n) is 13.2. The highest BCUT2D eigenvalue weighted by Gasteiger charge is 2.17. The normalized spacial score (nSPS) is 12.5. The molecule has 1 aromatic rings. The molecule has 0 aliphatic carbocycles. The van der Waals surface area contributed by atoms with Crippen LogP contribution in [0, 0.1) is 11.7 Å². The maximum atomic E-state index is 12.8. The van der Waals surface area contributed by atoms with Crippen LogP contribution in [0.2, 0.25) is 0 Å². The van der Waals surface area contributed by atoms with E-state index in [1.165, 1.54) is 12.1 Å². The smallest absolute Gasteiger partial charge is 0.237 e. The standard InChI is InChI=1S/C16H25FN2O2/c1-12(2)11-18-16(20)13(3)19(4)9-10-21-15-7-5-14(17)6-8-15/h5-8,12-13H,9-11H2,1-4H3,(H,18,20)/t13-/m0/s1. The number of likely N-dealkylation sites (N-methyl/N-ethyl adjacent to an activating group) is 1. The lowest BCUT2D eigenvalue weighted by atomic mass is 10.2. The topological polar surface area (TPSA) is 41.6 Å². The first-order valence-corrected chi connectivity index (χ1v) is 7.26. The first kappa shape index (κ1) is 17.4. The Kier molecular flexibility index (Phi) is 7.15. The Hall–Kier alpha value is -1.62. The highest BCUT2D eigenvalue weighted by molar-refractivity contribution is 5.81. The molecule has 1 N–H and O–H groups in total. The highest BCUT2D eigenvalue weighted by atomic mass is 19.1. The van der Waals surface area contributed by atoms with E-state index in [1.807, 2.05) is 18.9 Å². The third kappa shape index (κ3) is 6.58. The quantitative estimate of drug-likeness (QED) is 0.800. The fraction of sp³-hybridized carbons (Fsp3) is 0.562. The molecule has 1 rings (SSSR count). The predicted octanol–water partition coefficient (Wildman–Crippen LogP) is 2.30. The van der Waals surface area contributed by atoms with Crippen LogP contribution < -0.4 is 10.1 Å². The van der Waals surface area contributed by atoms with Crippen LogP contribution in [-0.2, 0) is 4.79 Å². The SMILES string of the molecule is CC(C)CNC(=O)[C@H](C)N(C)CCOc1ccc(F)cc1. The van der Waals surface area contributed by atoms with Gasteiger partial charge in [-0.1, -0.05) is 13.8 Å². The Morgan fingerprint density at radius 1 is 1.29 bits per heavy atom. The van der Waals surface area contributed by atoms with Crippen LogP contribution in [0.4, 0.5) is 4.39 Å². The molecule has 0 aliphatic rings. The summed E-state index contributed by atoms with van der Waals surface area (Å²) in [5.74, 6) is 0.804. The number of nitrogens with one attached hydrogen (secondary N) is 1. The van der Waals surface area contributed by atoms with E-state index in [4.69, 9.17) is 4.74 Å². The van der Waals surface area contributed by atoms with Gasteiger partial charge >= 0.3 is 0 Å². The zero-order valence-corrected chi connectivity index (χ0v) is 13.2. The molecule has 21 heavy (non-hydrogen) atoms. The van der Waals surface area contributed by atoms with Crippen molar-refractivity contribution >= 4 is 5.91 Å². The summed E-state index contributed by atoms with van der Waals surface area (Å²) < 4.78 is 18.3. The van der Waals surface area contributed by atoms with E-state index in [0.717, 1.165) is 0 Å². The van der Waals surface area contributed by atoms with E-state index in [0.29, 0.717) is 31.4 Å². The summed E-state index contributed by atoms with van der Waals surface area (Å²) >= 11 is 0. The van der Waals surface area contributed by atoms with Crippen molar-refractivity contribution in [2.75, 3.05) is 26.7 Å². The number of nitrogens with zero attached hydrogens (tertiary/aromatic N) is 1. The summed E-state index contributed by atoms with van der Waals surface area (Å²) in [5.41, 5.74) is 0. The Labute approximate surface area is 126 Å². The van der Waals surface area contributed by atoms with E-state index in [9.17, 15) is 9.18 Å². The highest BCUT2D eigenvalue weighted by Crippen LogP contribution is 2.10. The summed E-state index contributed by atoms with van der Waals surface area (Å²) in [6.07, 6.45) is 0. The summed E-state index contributed by atoms with van der Waals surface area (Å²) in [7, 11) is 1.88. The number of rotatable bonds is 8. The van der Waals surface area contributed by atoms with Gasteiger partial charge in [-0.25, -0.2) is 4.39 Å². The second kappa shape index (κ2) is 8.62. The summed E-state index contributed by atoms with van der Waals surface area (Å²) in [6, 6.07) is 5.70. The average Bonchev–Trinajstić information content (AvgIpc) is 2.45. The fourth-order valence-electron chi connectivity index (χ4n) is 1.68. The summed E-state index contributed by atoms with van der Waals surface area (Å²) in [6.45, 7) is 7.74. The maximum absolute atomic E-state index is 12.8. The summed E-state index contributed by atoms with van der Waals surface area (Å²) in [5, 5.41) is 2.91. The molecule has 0 aromatic heterocycles. The zero-order chi connectivity index (χ0) is 15.8. The van der Waals surface area contributed by atoms with Crippen molar-refractivity contribution < 1.29 is 13.9 Å². The van der Waals surface area contributed by atoms with Gasteiger partial charge < -0.3 is 10.1 Å². The van der Waals surface area contributed by atoms with E-state index < -0.39 is 0 Å². The van der Waals surface area contributed by atoms with Gasteiger partial charge in [-0.3, -0.25) is 9.69 Å².